The Morgan fingerprint density at radius 2 is 1.59 bits per heavy atom. The zero-order valence-electron chi connectivity index (χ0n) is 15.1. The molecule has 29 heavy (non-hydrogen) atoms. The van der Waals surface area contributed by atoms with Crippen LogP contribution in [0.2, 0.25) is 0 Å². The van der Waals surface area contributed by atoms with Crippen LogP contribution in [0.1, 0.15) is 36.8 Å². The van der Waals surface area contributed by atoms with Gasteiger partial charge in [-0.25, -0.2) is 0 Å². The van der Waals surface area contributed by atoms with Crippen molar-refractivity contribution in [3.8, 4) is 0 Å². The highest BCUT2D eigenvalue weighted by Crippen LogP contribution is 2.40. The van der Waals surface area contributed by atoms with Crippen LogP contribution in [0, 0.1) is 5.92 Å². The van der Waals surface area contributed by atoms with E-state index in [9.17, 15) is 44.6 Å². The summed E-state index contributed by atoms with van der Waals surface area (Å²) in [5.41, 5.74) is -1.43. The highest BCUT2D eigenvalue weighted by molar-refractivity contribution is 5.29. The van der Waals surface area contributed by atoms with Crippen molar-refractivity contribution in [2.24, 2.45) is 5.92 Å². The van der Waals surface area contributed by atoms with Crippen LogP contribution in [0.25, 0.3) is 0 Å². The molecule has 166 valence electrons. The normalized spacial score (nSPS) is 22.7. The zero-order valence-corrected chi connectivity index (χ0v) is 15.1. The van der Waals surface area contributed by atoms with E-state index >= 15 is 0 Å². The smallest absolute Gasteiger partial charge is 0.382 e. The molecule has 0 spiro atoms. The molecule has 2 rings (SSSR count). The Morgan fingerprint density at radius 3 is 2.14 bits per heavy atom. The molecule has 3 atom stereocenters. The molecule has 2 nitrogen and oxygen atoms in total. The first-order valence-corrected chi connectivity index (χ1v) is 8.90. The molecular formula is C18H20F9NO. The predicted molar refractivity (Wildman–Crippen MR) is 85.7 cm³/mol. The number of nitrogens with zero attached hydrogens (tertiary/aromatic N) is 1. The van der Waals surface area contributed by atoms with Gasteiger partial charge in [-0.1, -0.05) is 24.6 Å². The fraction of sp³-hybridized carbons (Fsp3) is 0.667. The van der Waals surface area contributed by atoms with E-state index in [4.69, 9.17) is 0 Å². The molecule has 0 aliphatic heterocycles. The van der Waals surface area contributed by atoms with E-state index in [-0.39, 0.29) is 24.8 Å². The largest absolute Gasteiger partial charge is 0.416 e. The maximum absolute atomic E-state index is 13.2. The van der Waals surface area contributed by atoms with E-state index in [0.717, 1.165) is 23.1 Å². The number of hydrogen-bond acceptors (Lipinski definition) is 2. The van der Waals surface area contributed by atoms with Gasteiger partial charge in [0.15, 0.2) is 6.10 Å². The van der Waals surface area contributed by atoms with Crippen molar-refractivity contribution in [2.75, 3.05) is 6.54 Å². The minimum absolute atomic E-state index is 0.0778. The molecule has 0 heterocycles. The van der Waals surface area contributed by atoms with Crippen LogP contribution in [-0.4, -0.2) is 41.0 Å². The van der Waals surface area contributed by atoms with E-state index in [0.29, 0.717) is 0 Å². The topological polar surface area (TPSA) is 23.5 Å². The van der Waals surface area contributed by atoms with E-state index in [1.165, 1.54) is 6.07 Å². The predicted octanol–water partition coefficient (Wildman–Crippen LogP) is 5.55. The lowest BCUT2D eigenvalue weighted by Gasteiger charge is -2.39. The lowest BCUT2D eigenvalue weighted by atomic mass is 9.84. The maximum atomic E-state index is 13.2. The Labute approximate surface area is 161 Å². The second-order valence-electron chi connectivity index (χ2n) is 7.20. The Kier molecular flexibility index (Phi) is 7.14. The van der Waals surface area contributed by atoms with Crippen molar-refractivity contribution < 1.29 is 44.6 Å². The number of aliphatic hydroxyl groups excluding tert-OH is 1. The molecule has 1 aliphatic carbocycles. The van der Waals surface area contributed by atoms with Gasteiger partial charge < -0.3 is 5.11 Å². The maximum Gasteiger partial charge on any atom is 0.416 e. The van der Waals surface area contributed by atoms with Crippen molar-refractivity contribution in [1.82, 2.24) is 4.90 Å². The van der Waals surface area contributed by atoms with Crippen molar-refractivity contribution in [3.05, 3.63) is 35.4 Å². The van der Waals surface area contributed by atoms with E-state index in [1.54, 1.807) is 0 Å². The molecule has 0 aromatic heterocycles. The first-order chi connectivity index (χ1) is 13.2. The molecule has 1 aromatic carbocycles. The van der Waals surface area contributed by atoms with E-state index < -0.39 is 61.7 Å². The summed E-state index contributed by atoms with van der Waals surface area (Å²) in [5.74, 6) is -1.75. The number of hydrogen-bond donors (Lipinski definition) is 1. The molecule has 1 fully saturated rings. The molecule has 11 heteroatoms. The van der Waals surface area contributed by atoms with Gasteiger partial charge in [-0.2, -0.15) is 39.5 Å². The van der Waals surface area contributed by atoms with Crippen LogP contribution in [0.15, 0.2) is 24.3 Å². The zero-order chi connectivity index (χ0) is 22.0. The van der Waals surface area contributed by atoms with Crippen LogP contribution in [0.3, 0.4) is 0 Å². The van der Waals surface area contributed by atoms with Crippen LogP contribution < -0.4 is 0 Å². The SMILES string of the molecule is OC(CN(Cc1ccccc1C(F)(F)F)C1CCCC(C(F)(F)F)C1)C(F)(F)F. The molecule has 0 radical (unpaired) electrons. The van der Waals surface area contributed by atoms with Gasteiger partial charge in [0.25, 0.3) is 0 Å². The second-order valence-corrected chi connectivity index (χ2v) is 7.20. The molecule has 3 unspecified atom stereocenters. The third-order valence-electron chi connectivity index (χ3n) is 5.11. The van der Waals surface area contributed by atoms with Crippen LogP contribution in [-0.2, 0) is 12.7 Å². The van der Waals surface area contributed by atoms with Crippen molar-refractivity contribution in [2.45, 2.75) is 62.9 Å². The van der Waals surface area contributed by atoms with Gasteiger partial charge in [-0.15, -0.1) is 0 Å². The summed E-state index contributed by atoms with van der Waals surface area (Å²) in [6.45, 7) is -1.76. The Hall–Kier alpha value is -1.49. The van der Waals surface area contributed by atoms with Crippen LogP contribution in [0.5, 0.6) is 0 Å². The Morgan fingerprint density at radius 1 is 0.966 bits per heavy atom. The van der Waals surface area contributed by atoms with Gasteiger partial charge in [-0.05, 0) is 30.9 Å². The van der Waals surface area contributed by atoms with E-state index in [1.807, 2.05) is 0 Å². The third kappa shape index (κ3) is 6.50. The third-order valence-corrected chi connectivity index (χ3v) is 5.11. The van der Waals surface area contributed by atoms with Gasteiger partial charge in [0.1, 0.15) is 0 Å². The molecular weight excluding hydrogens is 417 g/mol. The van der Waals surface area contributed by atoms with Crippen molar-refractivity contribution in [3.63, 3.8) is 0 Å². The Bertz CT molecular complexity index is 669. The molecule has 0 amide bonds. The number of halogens is 9. The molecule has 1 saturated carbocycles. The van der Waals surface area contributed by atoms with Gasteiger partial charge in [0.2, 0.25) is 0 Å². The highest BCUT2D eigenvalue weighted by Gasteiger charge is 2.45. The summed E-state index contributed by atoms with van der Waals surface area (Å²) in [6.07, 6.45) is -17.8. The minimum Gasteiger partial charge on any atom is -0.382 e. The van der Waals surface area contributed by atoms with Crippen molar-refractivity contribution in [1.29, 1.82) is 0 Å². The number of benzene rings is 1. The monoisotopic (exact) mass is 437 g/mol. The summed E-state index contributed by atoms with van der Waals surface area (Å²) in [5, 5.41) is 9.41. The average molecular weight is 437 g/mol. The summed E-state index contributed by atoms with van der Waals surface area (Å²) in [7, 11) is 0. The Balaban J connectivity index is 2.31. The lowest BCUT2D eigenvalue weighted by molar-refractivity contribution is -0.213. The molecule has 0 saturated heterocycles. The van der Waals surface area contributed by atoms with E-state index in [2.05, 4.69) is 0 Å². The van der Waals surface area contributed by atoms with Gasteiger partial charge in [-0.3, -0.25) is 4.90 Å². The highest BCUT2D eigenvalue weighted by atomic mass is 19.4. The standard InChI is InChI=1S/C18H20F9NO/c19-16(20,21)12-5-3-6-13(8-12)28(10-15(29)18(25,26)27)9-11-4-1-2-7-14(11)17(22,23)24/h1-2,4,7,12-13,15,29H,3,5-6,8-10H2. The average Bonchev–Trinajstić information content (AvgIpc) is 2.59. The molecule has 0 bridgehead atoms. The fourth-order valence-electron chi connectivity index (χ4n) is 3.61. The van der Waals surface area contributed by atoms with Gasteiger partial charge in [0, 0.05) is 19.1 Å². The molecule has 1 N–H and O–H groups in total. The minimum atomic E-state index is -5.04. The van der Waals surface area contributed by atoms with Crippen LogP contribution >= 0.6 is 0 Å². The number of aliphatic hydroxyl groups is 1. The lowest BCUT2D eigenvalue weighted by Crippen LogP contribution is -2.48. The summed E-state index contributed by atoms with van der Waals surface area (Å²) in [6, 6.07) is 3.17. The number of rotatable bonds is 5. The first-order valence-electron chi connectivity index (χ1n) is 8.90. The molecule has 1 aromatic rings. The summed E-state index contributed by atoms with van der Waals surface area (Å²) >= 11 is 0. The molecule has 1 aliphatic rings. The summed E-state index contributed by atoms with van der Waals surface area (Å²) in [4.78, 5) is 0.890. The number of alkyl halides is 9. The van der Waals surface area contributed by atoms with Gasteiger partial charge in [0.05, 0.1) is 11.5 Å². The quantitative estimate of drug-likeness (QED) is 0.611. The van der Waals surface area contributed by atoms with Crippen LogP contribution in [0.4, 0.5) is 39.5 Å². The fourth-order valence-corrected chi connectivity index (χ4v) is 3.61. The van der Waals surface area contributed by atoms with Crippen molar-refractivity contribution >= 4 is 0 Å². The second kappa shape index (κ2) is 8.71. The first kappa shape index (κ1) is 23.8. The van der Waals surface area contributed by atoms with Gasteiger partial charge >= 0.3 is 18.5 Å². The summed E-state index contributed by atoms with van der Waals surface area (Å²) < 4.78 is 117.